The lowest BCUT2D eigenvalue weighted by molar-refractivity contribution is -0.639. The summed E-state index contributed by atoms with van der Waals surface area (Å²) in [6.07, 6.45) is 3.53. The fourth-order valence-electron chi connectivity index (χ4n) is 1.05. The summed E-state index contributed by atoms with van der Waals surface area (Å²) in [5.41, 5.74) is 0.201. The first-order valence-corrected chi connectivity index (χ1v) is 4.53. The molecule has 0 bridgehead atoms. The molecule has 78 valence electrons. The van der Waals surface area contributed by atoms with E-state index in [0.29, 0.717) is 13.2 Å². The first-order valence-electron chi connectivity index (χ1n) is 4.53. The van der Waals surface area contributed by atoms with Gasteiger partial charge in [-0.15, -0.1) is 0 Å². The third-order valence-corrected chi connectivity index (χ3v) is 1.61. The normalized spacial score (nSPS) is 11.6. The van der Waals surface area contributed by atoms with Gasteiger partial charge in [-0.1, -0.05) is 4.68 Å². The van der Waals surface area contributed by atoms with Crippen molar-refractivity contribution in [1.29, 1.82) is 0 Å². The number of rotatable bonds is 4. The van der Waals surface area contributed by atoms with E-state index in [-0.39, 0.29) is 0 Å². The van der Waals surface area contributed by atoms with E-state index in [0.717, 1.165) is 5.56 Å². The number of aromatic nitrogens is 1. The molecule has 1 aromatic rings. The average Bonchev–Trinajstić information content (AvgIpc) is 2.01. The van der Waals surface area contributed by atoms with E-state index in [4.69, 9.17) is 10.6 Å². The third-order valence-electron chi connectivity index (χ3n) is 1.61. The van der Waals surface area contributed by atoms with Crippen LogP contribution in [0.15, 0.2) is 24.5 Å². The van der Waals surface area contributed by atoms with Crippen LogP contribution in [0.5, 0.6) is 0 Å². The van der Waals surface area contributed by atoms with E-state index in [1.54, 1.807) is 26.2 Å². The van der Waals surface area contributed by atoms with E-state index >= 15 is 0 Å². The summed E-state index contributed by atoms with van der Waals surface area (Å²) in [6.45, 7) is 4.19. The molecule has 0 unspecified atom stereocenters. The molecule has 1 rings (SSSR count). The number of nitrogens with two attached hydrogens (primary N) is 1. The van der Waals surface area contributed by atoms with Crippen LogP contribution in [0.25, 0.3) is 0 Å². The maximum Gasteiger partial charge on any atom is 0.204 e. The molecule has 0 aliphatic carbocycles. The molecule has 1 aromatic heterocycles. The van der Waals surface area contributed by atoms with Gasteiger partial charge >= 0.3 is 0 Å². The van der Waals surface area contributed by atoms with Crippen LogP contribution >= 0.6 is 0 Å². The average molecular weight is 197 g/mol. The Morgan fingerprint density at radius 1 is 1.57 bits per heavy atom. The van der Waals surface area contributed by atoms with E-state index < -0.39 is 5.60 Å². The minimum Gasteiger partial charge on any atom is -0.388 e. The summed E-state index contributed by atoms with van der Waals surface area (Å²) in [7, 11) is 0. The second kappa shape index (κ2) is 4.39. The molecule has 0 aromatic carbocycles. The number of aliphatic hydroxyl groups is 1. The molecule has 0 spiro atoms. The molecule has 0 fully saturated rings. The van der Waals surface area contributed by atoms with Crippen molar-refractivity contribution in [3.63, 3.8) is 0 Å². The highest BCUT2D eigenvalue weighted by atomic mass is 16.5. The van der Waals surface area contributed by atoms with Crippen molar-refractivity contribution in [2.24, 2.45) is 0 Å². The maximum atomic E-state index is 9.40. The zero-order chi connectivity index (χ0) is 10.6. The van der Waals surface area contributed by atoms with Gasteiger partial charge in [-0.3, -0.25) is 0 Å². The van der Waals surface area contributed by atoms with Gasteiger partial charge in [0.25, 0.3) is 0 Å². The van der Waals surface area contributed by atoms with Gasteiger partial charge in [0.15, 0.2) is 6.20 Å². The minimum atomic E-state index is -0.784. The Morgan fingerprint density at radius 2 is 2.29 bits per heavy atom. The third kappa shape index (κ3) is 4.20. The summed E-state index contributed by atoms with van der Waals surface area (Å²) in [5, 5.41) is 9.40. The number of nitrogen functional groups attached to an aromatic ring is 1. The van der Waals surface area contributed by atoms with Gasteiger partial charge in [0, 0.05) is 11.6 Å². The van der Waals surface area contributed by atoms with E-state index in [1.807, 2.05) is 12.1 Å². The lowest BCUT2D eigenvalue weighted by atomic mass is 10.2. The van der Waals surface area contributed by atoms with Crippen molar-refractivity contribution in [2.45, 2.75) is 26.1 Å². The van der Waals surface area contributed by atoms with Crippen molar-refractivity contribution in [3.05, 3.63) is 30.1 Å². The molecule has 0 saturated heterocycles. The van der Waals surface area contributed by atoms with E-state index in [1.165, 1.54) is 4.68 Å². The van der Waals surface area contributed by atoms with Crippen LogP contribution < -0.4 is 10.5 Å². The van der Waals surface area contributed by atoms with Gasteiger partial charge in [-0.2, -0.15) is 0 Å². The van der Waals surface area contributed by atoms with Crippen LogP contribution in [0.2, 0.25) is 0 Å². The van der Waals surface area contributed by atoms with Crippen molar-refractivity contribution in [2.75, 3.05) is 12.4 Å². The predicted molar refractivity (Wildman–Crippen MR) is 52.7 cm³/mol. The number of hydrogen-bond acceptors (Lipinski definition) is 3. The predicted octanol–water partition coefficient (Wildman–Crippen LogP) is -0.0246. The van der Waals surface area contributed by atoms with Crippen molar-refractivity contribution in [3.8, 4) is 0 Å². The number of nitrogens with zero attached hydrogens (tertiary/aromatic N) is 1. The molecule has 0 saturated carbocycles. The highest BCUT2D eigenvalue weighted by molar-refractivity contribution is 5.03. The van der Waals surface area contributed by atoms with Crippen molar-refractivity contribution >= 4 is 0 Å². The first-order chi connectivity index (χ1) is 6.47. The van der Waals surface area contributed by atoms with Crippen LogP contribution in [0, 0.1) is 0 Å². The smallest absolute Gasteiger partial charge is 0.204 e. The van der Waals surface area contributed by atoms with Crippen LogP contribution in [-0.4, -0.2) is 17.3 Å². The molecule has 14 heavy (non-hydrogen) atoms. The molecule has 0 aliphatic heterocycles. The summed E-state index contributed by atoms with van der Waals surface area (Å²) >= 11 is 0. The van der Waals surface area contributed by atoms with Gasteiger partial charge < -0.3 is 9.84 Å². The minimum absolute atomic E-state index is 0.312. The van der Waals surface area contributed by atoms with Gasteiger partial charge in [-0.05, 0) is 19.9 Å². The molecule has 0 atom stereocenters. The Labute approximate surface area is 83.9 Å². The Kier molecular flexibility index (Phi) is 3.43. The zero-order valence-corrected chi connectivity index (χ0v) is 8.60. The molecule has 0 amide bonds. The largest absolute Gasteiger partial charge is 0.388 e. The van der Waals surface area contributed by atoms with Crippen molar-refractivity contribution in [1.82, 2.24) is 0 Å². The van der Waals surface area contributed by atoms with Gasteiger partial charge in [-0.25, -0.2) is 5.84 Å². The lowest BCUT2D eigenvalue weighted by Crippen LogP contribution is -2.43. The zero-order valence-electron chi connectivity index (χ0n) is 8.60. The number of hydrogen-bond donors (Lipinski definition) is 2. The summed E-state index contributed by atoms with van der Waals surface area (Å²) < 4.78 is 6.80. The van der Waals surface area contributed by atoms with Crippen LogP contribution in [0.4, 0.5) is 0 Å². The standard InChI is InChI=1S/C10H17N2O2/c1-10(2,13)8-14-7-9-4-3-5-12(11)6-9/h3-6,13H,7-8,11H2,1-2H3/q+1. The lowest BCUT2D eigenvalue weighted by Gasteiger charge is -2.16. The molecular formula is C10H17N2O2+. The summed E-state index contributed by atoms with van der Waals surface area (Å²) in [6, 6.07) is 3.77. The molecular weight excluding hydrogens is 180 g/mol. The quantitative estimate of drug-likeness (QED) is 0.526. The Hall–Kier alpha value is -1.13. The molecule has 4 heteroatoms. The van der Waals surface area contributed by atoms with Crippen molar-refractivity contribution < 1.29 is 14.5 Å². The van der Waals surface area contributed by atoms with Crippen LogP contribution in [0.1, 0.15) is 19.4 Å². The fourth-order valence-corrected chi connectivity index (χ4v) is 1.05. The molecule has 3 N–H and O–H groups in total. The van der Waals surface area contributed by atoms with Crippen LogP contribution in [-0.2, 0) is 11.3 Å². The van der Waals surface area contributed by atoms with Gasteiger partial charge in [0.2, 0.25) is 6.20 Å². The second-order valence-corrected chi connectivity index (χ2v) is 3.96. The molecule has 1 heterocycles. The van der Waals surface area contributed by atoms with Gasteiger partial charge in [0.05, 0.1) is 18.8 Å². The topological polar surface area (TPSA) is 59.4 Å². The molecule has 4 nitrogen and oxygen atoms in total. The number of ether oxygens (including phenoxy) is 1. The summed E-state index contributed by atoms with van der Waals surface area (Å²) in [4.78, 5) is 0. The highest BCUT2D eigenvalue weighted by Crippen LogP contribution is 2.04. The maximum absolute atomic E-state index is 9.40. The first kappa shape index (κ1) is 10.9. The van der Waals surface area contributed by atoms with Crippen LogP contribution in [0.3, 0.4) is 0 Å². The van der Waals surface area contributed by atoms with E-state index in [9.17, 15) is 5.11 Å². The fraction of sp³-hybridized carbons (Fsp3) is 0.500. The molecule has 0 radical (unpaired) electrons. The second-order valence-electron chi connectivity index (χ2n) is 3.96. The highest BCUT2D eigenvalue weighted by Gasteiger charge is 2.12. The Morgan fingerprint density at radius 3 is 2.86 bits per heavy atom. The SMILES string of the molecule is CC(C)(O)COCc1ccc[n+](N)c1. The number of pyridine rings is 1. The monoisotopic (exact) mass is 197 g/mol. The van der Waals surface area contributed by atoms with Gasteiger partial charge in [0.1, 0.15) is 0 Å². The van der Waals surface area contributed by atoms with E-state index in [2.05, 4.69) is 0 Å². The molecule has 0 aliphatic rings. The Bertz CT molecular complexity index is 294. The Balaban J connectivity index is 2.39. The summed E-state index contributed by atoms with van der Waals surface area (Å²) in [5.74, 6) is 5.53.